The first-order valence-electron chi connectivity index (χ1n) is 11.4. The largest absolute Gasteiger partial charge is 0.208 e. The van der Waals surface area contributed by atoms with Crippen LogP contribution in [0.2, 0.25) is 5.02 Å². The maximum atomic E-state index is 6.43. The van der Waals surface area contributed by atoms with Gasteiger partial charge in [-0.2, -0.15) is 0 Å². The van der Waals surface area contributed by atoms with Crippen LogP contribution in [0.1, 0.15) is 0 Å². The van der Waals surface area contributed by atoms with Crippen LogP contribution in [0.25, 0.3) is 56.1 Å². The Labute approximate surface area is 208 Å². The molecule has 0 aliphatic heterocycles. The molecule has 0 N–H and O–H groups in total. The predicted octanol–water partition coefficient (Wildman–Crippen LogP) is 8.35. The molecule has 0 saturated carbocycles. The van der Waals surface area contributed by atoms with E-state index in [-0.39, 0.29) is 0 Å². The summed E-state index contributed by atoms with van der Waals surface area (Å²) in [6.07, 6.45) is 0. The molecule has 0 aliphatic carbocycles. The number of aromatic nitrogens is 3. The summed E-state index contributed by atoms with van der Waals surface area (Å²) in [4.78, 5) is 14.4. The van der Waals surface area contributed by atoms with E-state index in [0.717, 1.165) is 38.2 Å². The molecule has 3 nitrogen and oxygen atoms in total. The van der Waals surface area contributed by atoms with Gasteiger partial charge in [-0.25, -0.2) is 15.0 Å². The summed E-state index contributed by atoms with van der Waals surface area (Å²) in [5, 5.41) is 3.01. The molecule has 6 rings (SSSR count). The van der Waals surface area contributed by atoms with Gasteiger partial charge in [0.25, 0.3) is 0 Å². The Morgan fingerprint density at radius 2 is 0.886 bits per heavy atom. The van der Waals surface area contributed by atoms with Crippen molar-refractivity contribution in [3.8, 4) is 45.3 Å². The Balaban J connectivity index is 1.46. The maximum absolute atomic E-state index is 6.43. The van der Waals surface area contributed by atoms with Gasteiger partial charge in [0.15, 0.2) is 17.5 Å². The molecule has 0 fully saturated rings. The van der Waals surface area contributed by atoms with Gasteiger partial charge in [0.1, 0.15) is 0 Å². The molecule has 0 radical (unpaired) electrons. The van der Waals surface area contributed by atoms with Gasteiger partial charge >= 0.3 is 0 Å². The topological polar surface area (TPSA) is 38.7 Å². The molecule has 0 bridgehead atoms. The monoisotopic (exact) mass is 469 g/mol. The summed E-state index contributed by atoms with van der Waals surface area (Å²) in [6.45, 7) is 0. The molecular weight excluding hydrogens is 450 g/mol. The summed E-state index contributed by atoms with van der Waals surface area (Å²) < 4.78 is 0. The molecule has 0 unspecified atom stereocenters. The lowest BCUT2D eigenvalue weighted by Crippen LogP contribution is -2.00. The molecule has 35 heavy (non-hydrogen) atoms. The van der Waals surface area contributed by atoms with Crippen LogP contribution < -0.4 is 0 Å². The smallest absolute Gasteiger partial charge is 0.164 e. The third kappa shape index (κ3) is 4.30. The minimum Gasteiger partial charge on any atom is -0.208 e. The number of halogens is 1. The molecule has 4 heteroatoms. The van der Waals surface area contributed by atoms with Crippen LogP contribution in [-0.2, 0) is 0 Å². The highest BCUT2D eigenvalue weighted by atomic mass is 35.5. The minimum atomic E-state index is 0.639. The molecule has 0 spiro atoms. The lowest BCUT2D eigenvalue weighted by Gasteiger charge is -2.10. The molecule has 166 valence electrons. The Morgan fingerprint density at radius 3 is 1.46 bits per heavy atom. The van der Waals surface area contributed by atoms with Gasteiger partial charge in [-0.15, -0.1) is 0 Å². The first kappa shape index (κ1) is 21.2. The minimum absolute atomic E-state index is 0.639. The van der Waals surface area contributed by atoms with E-state index in [4.69, 9.17) is 26.6 Å². The van der Waals surface area contributed by atoms with Crippen molar-refractivity contribution >= 4 is 22.4 Å². The number of rotatable bonds is 4. The van der Waals surface area contributed by atoms with Gasteiger partial charge in [-0.05, 0) is 34.0 Å². The second-order valence-electron chi connectivity index (χ2n) is 8.29. The number of fused-ring (bicyclic) bond motifs is 1. The number of hydrogen-bond acceptors (Lipinski definition) is 3. The lowest BCUT2D eigenvalue weighted by molar-refractivity contribution is 1.07. The van der Waals surface area contributed by atoms with E-state index in [1.165, 1.54) is 5.39 Å². The number of nitrogens with zero attached hydrogens (tertiary/aromatic N) is 3. The second-order valence-corrected chi connectivity index (χ2v) is 8.73. The van der Waals surface area contributed by atoms with Gasteiger partial charge in [-0.1, -0.05) is 121 Å². The molecule has 0 atom stereocenters. The van der Waals surface area contributed by atoms with Crippen molar-refractivity contribution in [2.45, 2.75) is 0 Å². The number of benzene rings is 5. The van der Waals surface area contributed by atoms with Crippen LogP contribution in [0, 0.1) is 0 Å². The van der Waals surface area contributed by atoms with E-state index in [0.29, 0.717) is 17.5 Å². The SMILES string of the molecule is Clc1cc(-c2ccc(-c3nc(-c4ccccc4)nc(-c4ccccc4)n3)cc2)c2ccccc2c1. The van der Waals surface area contributed by atoms with E-state index < -0.39 is 0 Å². The normalized spacial score (nSPS) is 11.0. The highest BCUT2D eigenvalue weighted by Crippen LogP contribution is 2.33. The second kappa shape index (κ2) is 9.13. The average molecular weight is 470 g/mol. The summed E-state index contributed by atoms with van der Waals surface area (Å²) in [5.74, 6) is 1.94. The third-order valence-corrected chi connectivity index (χ3v) is 6.20. The van der Waals surface area contributed by atoms with Crippen molar-refractivity contribution in [1.82, 2.24) is 15.0 Å². The van der Waals surface area contributed by atoms with E-state index >= 15 is 0 Å². The molecular formula is C31H20ClN3. The summed E-state index contributed by atoms with van der Waals surface area (Å²) in [6, 6.07) is 40.6. The standard InChI is InChI=1S/C31H20ClN3/c32-26-19-25-13-7-8-14-27(25)28(20-26)21-15-17-24(18-16-21)31-34-29(22-9-3-1-4-10-22)33-30(35-31)23-11-5-2-6-12-23/h1-20H. The molecule has 1 heterocycles. The van der Waals surface area contributed by atoms with Crippen LogP contribution in [0.4, 0.5) is 0 Å². The van der Waals surface area contributed by atoms with Crippen LogP contribution in [0.3, 0.4) is 0 Å². The van der Waals surface area contributed by atoms with E-state index in [9.17, 15) is 0 Å². The average Bonchev–Trinajstić information content (AvgIpc) is 2.93. The van der Waals surface area contributed by atoms with Crippen LogP contribution in [-0.4, -0.2) is 15.0 Å². The van der Waals surface area contributed by atoms with Crippen molar-refractivity contribution in [1.29, 1.82) is 0 Å². The Morgan fingerprint density at radius 1 is 0.429 bits per heavy atom. The predicted molar refractivity (Wildman–Crippen MR) is 144 cm³/mol. The molecule has 5 aromatic carbocycles. The molecule has 0 aliphatic rings. The van der Waals surface area contributed by atoms with E-state index in [1.807, 2.05) is 78.9 Å². The summed E-state index contributed by atoms with van der Waals surface area (Å²) in [5.41, 5.74) is 5.03. The fraction of sp³-hybridized carbons (Fsp3) is 0. The Kier molecular flexibility index (Phi) is 5.53. The van der Waals surface area contributed by atoms with Gasteiger partial charge in [0.2, 0.25) is 0 Å². The van der Waals surface area contributed by atoms with E-state index in [2.05, 4.69) is 42.5 Å². The Bertz CT molecular complexity index is 1570. The zero-order valence-corrected chi connectivity index (χ0v) is 19.5. The maximum Gasteiger partial charge on any atom is 0.164 e. The fourth-order valence-electron chi connectivity index (χ4n) is 4.25. The summed E-state index contributed by atoms with van der Waals surface area (Å²) in [7, 11) is 0. The highest BCUT2D eigenvalue weighted by Gasteiger charge is 2.13. The van der Waals surface area contributed by atoms with Crippen molar-refractivity contribution in [2.75, 3.05) is 0 Å². The first-order valence-corrected chi connectivity index (χ1v) is 11.8. The van der Waals surface area contributed by atoms with Gasteiger partial charge in [0.05, 0.1) is 0 Å². The fourth-order valence-corrected chi connectivity index (χ4v) is 4.48. The molecule has 0 amide bonds. The van der Waals surface area contributed by atoms with Crippen molar-refractivity contribution in [3.63, 3.8) is 0 Å². The first-order chi connectivity index (χ1) is 17.2. The number of hydrogen-bond donors (Lipinski definition) is 0. The van der Waals surface area contributed by atoms with Gasteiger partial charge in [0, 0.05) is 21.7 Å². The van der Waals surface area contributed by atoms with Gasteiger partial charge < -0.3 is 0 Å². The van der Waals surface area contributed by atoms with Crippen LogP contribution >= 0.6 is 11.6 Å². The van der Waals surface area contributed by atoms with Crippen molar-refractivity contribution in [2.24, 2.45) is 0 Å². The van der Waals surface area contributed by atoms with Gasteiger partial charge in [-0.3, -0.25) is 0 Å². The van der Waals surface area contributed by atoms with E-state index in [1.54, 1.807) is 0 Å². The lowest BCUT2D eigenvalue weighted by atomic mass is 9.97. The van der Waals surface area contributed by atoms with Crippen LogP contribution in [0.15, 0.2) is 121 Å². The highest BCUT2D eigenvalue weighted by molar-refractivity contribution is 6.32. The zero-order chi connectivity index (χ0) is 23.6. The van der Waals surface area contributed by atoms with Crippen molar-refractivity contribution in [3.05, 3.63) is 126 Å². The Hall–Kier alpha value is -4.34. The summed E-state index contributed by atoms with van der Waals surface area (Å²) >= 11 is 6.43. The van der Waals surface area contributed by atoms with Crippen molar-refractivity contribution < 1.29 is 0 Å². The molecule has 6 aromatic rings. The zero-order valence-electron chi connectivity index (χ0n) is 18.8. The quantitative estimate of drug-likeness (QED) is 0.260. The molecule has 1 aromatic heterocycles. The van der Waals surface area contributed by atoms with Crippen LogP contribution in [0.5, 0.6) is 0 Å². The molecule has 0 saturated heterocycles. The third-order valence-electron chi connectivity index (χ3n) is 5.98.